The maximum absolute atomic E-state index is 13.2. The number of benzene rings is 1. The lowest BCUT2D eigenvalue weighted by atomic mass is 10.1. The average Bonchev–Trinajstić information content (AvgIpc) is 2.16. The quantitative estimate of drug-likeness (QED) is 0.827. The van der Waals surface area contributed by atoms with Crippen molar-refractivity contribution in [3.63, 3.8) is 0 Å². The first kappa shape index (κ1) is 12.2. The van der Waals surface area contributed by atoms with Crippen molar-refractivity contribution < 1.29 is 19.1 Å². The van der Waals surface area contributed by atoms with E-state index in [1.807, 2.05) is 0 Å². The van der Waals surface area contributed by atoms with E-state index < -0.39 is 17.3 Å². The molecule has 0 saturated heterocycles. The van der Waals surface area contributed by atoms with Crippen molar-refractivity contribution in [2.45, 2.75) is 13.8 Å². The Morgan fingerprint density at radius 2 is 2.00 bits per heavy atom. The molecule has 0 radical (unpaired) electrons. The molecule has 86 valence electrons. The monoisotopic (exact) mass is 225 g/mol. The molecular weight excluding hydrogens is 213 g/mol. The van der Waals surface area contributed by atoms with E-state index in [9.17, 15) is 14.0 Å². The van der Waals surface area contributed by atoms with Gasteiger partial charge in [-0.3, -0.25) is 4.79 Å². The Morgan fingerprint density at radius 3 is 2.44 bits per heavy atom. The van der Waals surface area contributed by atoms with Gasteiger partial charge in [0.2, 0.25) is 5.91 Å². The summed E-state index contributed by atoms with van der Waals surface area (Å²) in [4.78, 5) is 21.8. The molecular formula is C11H12FNO3. The zero-order valence-electron chi connectivity index (χ0n) is 8.95. The number of carboxylic acid groups (broad SMARTS) is 1. The van der Waals surface area contributed by atoms with Crippen molar-refractivity contribution in [1.29, 1.82) is 0 Å². The molecule has 16 heavy (non-hydrogen) atoms. The van der Waals surface area contributed by atoms with Crippen LogP contribution in [0.1, 0.15) is 24.2 Å². The van der Waals surface area contributed by atoms with Gasteiger partial charge in [0.25, 0.3) is 0 Å². The van der Waals surface area contributed by atoms with Gasteiger partial charge in [-0.15, -0.1) is 0 Å². The third kappa shape index (κ3) is 2.79. The summed E-state index contributed by atoms with van der Waals surface area (Å²) in [6, 6.07) is 3.46. The molecule has 0 atom stereocenters. The van der Waals surface area contributed by atoms with Crippen molar-refractivity contribution in [3.05, 3.63) is 29.6 Å². The van der Waals surface area contributed by atoms with Gasteiger partial charge in [0, 0.05) is 11.6 Å². The molecule has 0 aliphatic rings. The summed E-state index contributed by atoms with van der Waals surface area (Å²) in [6.07, 6.45) is 0. The molecule has 1 amide bonds. The summed E-state index contributed by atoms with van der Waals surface area (Å²) >= 11 is 0. The van der Waals surface area contributed by atoms with Crippen LogP contribution in [0.5, 0.6) is 0 Å². The van der Waals surface area contributed by atoms with Crippen molar-refractivity contribution >= 4 is 17.6 Å². The molecule has 0 heterocycles. The fourth-order valence-electron chi connectivity index (χ4n) is 1.05. The third-order valence-electron chi connectivity index (χ3n) is 1.99. The highest BCUT2D eigenvalue weighted by molar-refractivity contribution is 5.93. The van der Waals surface area contributed by atoms with Gasteiger partial charge in [0.1, 0.15) is 5.82 Å². The lowest BCUT2D eigenvalue weighted by Gasteiger charge is -2.08. The van der Waals surface area contributed by atoms with Crippen LogP contribution in [-0.2, 0) is 4.79 Å². The average molecular weight is 225 g/mol. The van der Waals surface area contributed by atoms with Crippen molar-refractivity contribution in [2.24, 2.45) is 5.92 Å². The molecule has 2 N–H and O–H groups in total. The Hall–Kier alpha value is -1.91. The predicted molar refractivity (Wildman–Crippen MR) is 56.8 cm³/mol. The highest BCUT2D eigenvalue weighted by Gasteiger charge is 2.12. The minimum absolute atomic E-state index is 0.220. The molecule has 1 rings (SSSR count). The summed E-state index contributed by atoms with van der Waals surface area (Å²) in [6.45, 7) is 3.41. The number of carbonyl (C=O) groups is 2. The topological polar surface area (TPSA) is 66.4 Å². The van der Waals surface area contributed by atoms with Crippen LogP contribution in [0.15, 0.2) is 18.2 Å². The number of anilines is 1. The zero-order chi connectivity index (χ0) is 12.3. The summed E-state index contributed by atoms with van der Waals surface area (Å²) < 4.78 is 13.2. The van der Waals surface area contributed by atoms with Crippen LogP contribution >= 0.6 is 0 Å². The van der Waals surface area contributed by atoms with E-state index in [1.165, 1.54) is 6.07 Å². The van der Waals surface area contributed by atoms with E-state index in [-0.39, 0.29) is 17.5 Å². The molecule has 0 aromatic heterocycles. The van der Waals surface area contributed by atoms with Crippen LogP contribution in [0.2, 0.25) is 0 Å². The highest BCUT2D eigenvalue weighted by Crippen LogP contribution is 2.15. The molecule has 0 aliphatic carbocycles. The van der Waals surface area contributed by atoms with E-state index in [0.717, 1.165) is 12.1 Å². The Morgan fingerprint density at radius 1 is 1.38 bits per heavy atom. The number of hydrogen-bond acceptors (Lipinski definition) is 2. The van der Waals surface area contributed by atoms with Crippen LogP contribution < -0.4 is 5.32 Å². The second-order valence-corrected chi connectivity index (χ2v) is 3.64. The number of nitrogens with one attached hydrogen (secondary N) is 1. The Bertz CT molecular complexity index is 429. The molecule has 5 heteroatoms. The molecule has 1 aromatic rings. The van der Waals surface area contributed by atoms with Crippen molar-refractivity contribution in [3.8, 4) is 0 Å². The first-order chi connectivity index (χ1) is 7.41. The van der Waals surface area contributed by atoms with E-state index in [1.54, 1.807) is 13.8 Å². The molecule has 0 spiro atoms. The van der Waals surface area contributed by atoms with Gasteiger partial charge in [-0.25, -0.2) is 9.18 Å². The lowest BCUT2D eigenvalue weighted by Crippen LogP contribution is -2.18. The Labute approximate surface area is 92.1 Å². The number of amides is 1. The second kappa shape index (κ2) is 4.74. The van der Waals surface area contributed by atoms with E-state index in [2.05, 4.69) is 5.32 Å². The van der Waals surface area contributed by atoms with E-state index in [4.69, 9.17) is 5.11 Å². The summed E-state index contributed by atoms with van der Waals surface area (Å²) in [7, 11) is 0. The minimum Gasteiger partial charge on any atom is -0.478 e. The SMILES string of the molecule is CC(C)C(=O)Nc1ccc(C(=O)O)c(F)c1. The number of carboxylic acids is 1. The summed E-state index contributed by atoms with van der Waals surface area (Å²) in [5.74, 6) is -2.67. The minimum atomic E-state index is -1.33. The van der Waals surface area contributed by atoms with Gasteiger partial charge in [0.05, 0.1) is 5.56 Å². The number of halogens is 1. The molecule has 4 nitrogen and oxygen atoms in total. The van der Waals surface area contributed by atoms with Gasteiger partial charge < -0.3 is 10.4 Å². The van der Waals surface area contributed by atoms with Crippen LogP contribution in [-0.4, -0.2) is 17.0 Å². The Balaban J connectivity index is 2.90. The molecule has 0 fully saturated rings. The van der Waals surface area contributed by atoms with Crippen LogP contribution in [0.4, 0.5) is 10.1 Å². The lowest BCUT2D eigenvalue weighted by molar-refractivity contribution is -0.118. The first-order valence-electron chi connectivity index (χ1n) is 4.75. The van der Waals surface area contributed by atoms with Crippen LogP contribution in [0.3, 0.4) is 0 Å². The Kier molecular flexibility index (Phi) is 3.60. The van der Waals surface area contributed by atoms with Crippen LogP contribution in [0, 0.1) is 11.7 Å². The molecule has 0 unspecified atom stereocenters. The van der Waals surface area contributed by atoms with E-state index in [0.29, 0.717) is 0 Å². The second-order valence-electron chi connectivity index (χ2n) is 3.64. The van der Waals surface area contributed by atoms with E-state index >= 15 is 0 Å². The highest BCUT2D eigenvalue weighted by atomic mass is 19.1. The van der Waals surface area contributed by atoms with Crippen LogP contribution in [0.25, 0.3) is 0 Å². The van der Waals surface area contributed by atoms with Crippen molar-refractivity contribution in [1.82, 2.24) is 0 Å². The smallest absolute Gasteiger partial charge is 0.338 e. The molecule has 0 saturated carbocycles. The molecule has 1 aromatic carbocycles. The van der Waals surface area contributed by atoms with Gasteiger partial charge >= 0.3 is 5.97 Å². The standard InChI is InChI=1S/C11H12FNO3/c1-6(2)10(14)13-7-3-4-8(11(15)16)9(12)5-7/h3-6H,1-2H3,(H,13,14)(H,15,16). The predicted octanol–water partition coefficient (Wildman–Crippen LogP) is 2.12. The fourth-order valence-corrected chi connectivity index (χ4v) is 1.05. The zero-order valence-corrected chi connectivity index (χ0v) is 8.95. The summed E-state index contributed by atoms with van der Waals surface area (Å²) in [5.41, 5.74) is -0.163. The molecule has 0 bridgehead atoms. The largest absolute Gasteiger partial charge is 0.478 e. The maximum atomic E-state index is 13.2. The maximum Gasteiger partial charge on any atom is 0.338 e. The number of carbonyl (C=O) groups excluding carboxylic acids is 1. The number of aromatic carboxylic acids is 1. The normalized spacial score (nSPS) is 10.2. The van der Waals surface area contributed by atoms with Crippen molar-refractivity contribution in [2.75, 3.05) is 5.32 Å². The van der Waals surface area contributed by atoms with Gasteiger partial charge in [-0.1, -0.05) is 13.8 Å². The third-order valence-corrected chi connectivity index (χ3v) is 1.99. The van der Waals surface area contributed by atoms with Gasteiger partial charge in [-0.05, 0) is 18.2 Å². The molecule has 0 aliphatic heterocycles. The fraction of sp³-hybridized carbons (Fsp3) is 0.273. The number of rotatable bonds is 3. The van der Waals surface area contributed by atoms with Gasteiger partial charge in [-0.2, -0.15) is 0 Å². The number of hydrogen-bond donors (Lipinski definition) is 2. The first-order valence-corrected chi connectivity index (χ1v) is 4.75. The van der Waals surface area contributed by atoms with Gasteiger partial charge in [0.15, 0.2) is 0 Å². The summed E-state index contributed by atoms with van der Waals surface area (Å²) in [5, 5.41) is 11.1.